The molecule has 11 heteroatoms. The lowest BCUT2D eigenvalue weighted by atomic mass is 9.93. The number of carbonyl (C=O) groups is 1. The molecule has 1 amide bonds. The van der Waals surface area contributed by atoms with Gasteiger partial charge in [-0.1, -0.05) is 12.1 Å². The number of rotatable bonds is 11. The van der Waals surface area contributed by atoms with Crippen LogP contribution in [0.1, 0.15) is 17.9 Å². The van der Waals surface area contributed by atoms with E-state index in [1.54, 1.807) is 35.2 Å². The van der Waals surface area contributed by atoms with Gasteiger partial charge in [-0.25, -0.2) is 12.8 Å². The van der Waals surface area contributed by atoms with Crippen LogP contribution in [0.3, 0.4) is 0 Å². The van der Waals surface area contributed by atoms with E-state index in [0.29, 0.717) is 25.3 Å². The van der Waals surface area contributed by atoms with Gasteiger partial charge < -0.3 is 24.2 Å². The van der Waals surface area contributed by atoms with Crippen LogP contribution in [0.25, 0.3) is 0 Å². The van der Waals surface area contributed by atoms with Crippen LogP contribution >= 0.6 is 0 Å². The van der Waals surface area contributed by atoms with E-state index in [2.05, 4.69) is 0 Å². The van der Waals surface area contributed by atoms with Crippen LogP contribution in [-0.4, -0.2) is 81.4 Å². The highest BCUT2D eigenvalue weighted by Gasteiger charge is 2.34. The molecule has 1 N–H and O–H groups in total. The quantitative estimate of drug-likeness (QED) is 0.453. The van der Waals surface area contributed by atoms with Gasteiger partial charge in [-0.15, -0.1) is 0 Å². The lowest BCUT2D eigenvalue weighted by Crippen LogP contribution is -2.37. The van der Waals surface area contributed by atoms with Gasteiger partial charge in [-0.3, -0.25) is 4.79 Å². The molecule has 1 saturated heterocycles. The summed E-state index contributed by atoms with van der Waals surface area (Å²) in [6, 6.07) is 12.0. The lowest BCUT2D eigenvalue weighted by Gasteiger charge is -2.30. The normalized spacial score (nSPS) is 19.6. The summed E-state index contributed by atoms with van der Waals surface area (Å²) in [5, 5.41) is 9.44. The van der Waals surface area contributed by atoms with Gasteiger partial charge >= 0.3 is 0 Å². The summed E-state index contributed by atoms with van der Waals surface area (Å²) in [5.41, 5.74) is 0.813. The number of amides is 1. The van der Waals surface area contributed by atoms with Crippen molar-refractivity contribution in [1.29, 1.82) is 0 Å². The Balaban J connectivity index is 1.43. The SMILES string of the molecule is COc1ccc(S(=O)(=O)N(CCO)CCO[C@@H]2C[C@H](c3ccc(F)cc3)C=C(C(=O)N3CC3)O2)cc1. The van der Waals surface area contributed by atoms with Crippen LogP contribution in [0.4, 0.5) is 4.39 Å². The molecule has 2 aromatic carbocycles. The average Bonchev–Trinajstić information content (AvgIpc) is 3.73. The average molecular weight is 521 g/mol. The predicted molar refractivity (Wildman–Crippen MR) is 128 cm³/mol. The number of halogens is 1. The number of hydrogen-bond acceptors (Lipinski definition) is 7. The topological polar surface area (TPSA) is 105 Å². The fourth-order valence-electron chi connectivity index (χ4n) is 3.91. The largest absolute Gasteiger partial charge is 0.497 e. The molecule has 2 aliphatic heterocycles. The first-order valence-corrected chi connectivity index (χ1v) is 13.1. The van der Waals surface area contributed by atoms with Crippen molar-refractivity contribution in [3.8, 4) is 5.75 Å². The summed E-state index contributed by atoms with van der Waals surface area (Å²) in [6.45, 7) is 0.785. The number of carbonyl (C=O) groups excluding carboxylic acids is 1. The monoisotopic (exact) mass is 520 g/mol. The van der Waals surface area contributed by atoms with E-state index in [-0.39, 0.29) is 54.6 Å². The Bertz CT molecular complexity index is 1180. The number of ether oxygens (including phenoxy) is 3. The first kappa shape index (κ1) is 26.1. The molecule has 0 aromatic heterocycles. The van der Waals surface area contributed by atoms with Gasteiger partial charge in [0.25, 0.3) is 5.91 Å². The highest BCUT2D eigenvalue weighted by molar-refractivity contribution is 7.89. The zero-order valence-corrected chi connectivity index (χ0v) is 20.7. The minimum absolute atomic E-state index is 0.0264. The number of methoxy groups -OCH3 is 1. The molecule has 9 nitrogen and oxygen atoms in total. The van der Waals surface area contributed by atoms with Crippen LogP contribution in [0.2, 0.25) is 0 Å². The zero-order chi connectivity index (χ0) is 25.7. The summed E-state index contributed by atoms with van der Waals surface area (Å²) in [5.74, 6) is -0.141. The minimum Gasteiger partial charge on any atom is -0.497 e. The number of sulfonamides is 1. The van der Waals surface area contributed by atoms with E-state index in [1.807, 2.05) is 0 Å². The molecule has 0 radical (unpaired) electrons. The second-order valence-corrected chi connectivity index (χ2v) is 10.4. The van der Waals surface area contributed by atoms with Gasteiger partial charge in [0, 0.05) is 38.5 Å². The second kappa shape index (κ2) is 11.4. The molecule has 36 heavy (non-hydrogen) atoms. The van der Waals surface area contributed by atoms with Gasteiger partial charge in [0.05, 0.1) is 25.2 Å². The van der Waals surface area contributed by atoms with Crippen LogP contribution in [0.15, 0.2) is 65.3 Å². The van der Waals surface area contributed by atoms with Gasteiger partial charge in [-0.2, -0.15) is 4.31 Å². The van der Waals surface area contributed by atoms with Crippen LogP contribution in [0, 0.1) is 5.82 Å². The number of hydrogen-bond donors (Lipinski definition) is 1. The molecule has 194 valence electrons. The van der Waals surface area contributed by atoms with Crippen molar-refractivity contribution >= 4 is 15.9 Å². The predicted octanol–water partition coefficient (Wildman–Crippen LogP) is 2.09. The Kier molecular flexibility index (Phi) is 8.24. The molecule has 1 fully saturated rings. The smallest absolute Gasteiger partial charge is 0.288 e. The van der Waals surface area contributed by atoms with Crippen molar-refractivity contribution in [3.05, 3.63) is 71.7 Å². The van der Waals surface area contributed by atoms with E-state index >= 15 is 0 Å². The number of nitrogens with zero attached hydrogens (tertiary/aromatic N) is 2. The first-order chi connectivity index (χ1) is 17.3. The Morgan fingerprint density at radius 3 is 2.44 bits per heavy atom. The summed E-state index contributed by atoms with van der Waals surface area (Å²) in [7, 11) is -2.40. The van der Waals surface area contributed by atoms with Crippen molar-refractivity contribution in [2.24, 2.45) is 0 Å². The van der Waals surface area contributed by atoms with Gasteiger partial charge in [0.1, 0.15) is 11.6 Å². The summed E-state index contributed by atoms with van der Waals surface area (Å²) < 4.78 is 57.5. The molecular formula is C25H29FN2O7S. The third-order valence-corrected chi connectivity index (χ3v) is 7.90. The van der Waals surface area contributed by atoms with Crippen LogP contribution in [0.5, 0.6) is 5.75 Å². The van der Waals surface area contributed by atoms with Gasteiger partial charge in [0.2, 0.25) is 16.3 Å². The zero-order valence-electron chi connectivity index (χ0n) is 19.9. The maximum atomic E-state index is 13.4. The molecule has 0 spiro atoms. The van der Waals surface area contributed by atoms with E-state index < -0.39 is 16.3 Å². The van der Waals surface area contributed by atoms with E-state index in [9.17, 15) is 22.7 Å². The standard InChI is InChI=1S/C25H29FN2O7S/c1-33-21-6-8-22(9-7-21)36(31,32)28(12-14-29)13-15-34-24-17-19(18-2-4-20(26)5-3-18)16-23(35-24)25(30)27-10-11-27/h2-9,16,19,24,29H,10-15,17H2,1H3/t19-,24+/m1/s1. The highest BCUT2D eigenvalue weighted by atomic mass is 32.2. The van der Waals surface area contributed by atoms with Crippen LogP contribution in [-0.2, 0) is 24.3 Å². The van der Waals surface area contributed by atoms with Crippen LogP contribution < -0.4 is 4.74 Å². The van der Waals surface area contributed by atoms with E-state index in [1.165, 1.54) is 31.4 Å². The fraction of sp³-hybridized carbons (Fsp3) is 0.400. The summed E-state index contributed by atoms with van der Waals surface area (Å²) >= 11 is 0. The van der Waals surface area contributed by atoms with E-state index in [0.717, 1.165) is 9.87 Å². The highest BCUT2D eigenvalue weighted by Crippen LogP contribution is 2.33. The van der Waals surface area contributed by atoms with Crippen molar-refractivity contribution in [3.63, 3.8) is 0 Å². The maximum Gasteiger partial charge on any atom is 0.288 e. The number of benzene rings is 2. The van der Waals surface area contributed by atoms with Crippen molar-refractivity contribution in [2.75, 3.05) is 46.5 Å². The number of allylic oxidation sites excluding steroid dienone is 1. The third kappa shape index (κ3) is 6.22. The Morgan fingerprint density at radius 2 is 1.83 bits per heavy atom. The molecular weight excluding hydrogens is 491 g/mol. The molecule has 4 rings (SSSR count). The summed E-state index contributed by atoms with van der Waals surface area (Å²) in [6.07, 6.45) is 1.29. The second-order valence-electron chi connectivity index (χ2n) is 8.44. The third-order valence-electron chi connectivity index (χ3n) is 5.99. The Morgan fingerprint density at radius 1 is 1.14 bits per heavy atom. The molecule has 2 heterocycles. The lowest BCUT2D eigenvalue weighted by molar-refractivity contribution is -0.149. The first-order valence-electron chi connectivity index (χ1n) is 11.6. The van der Waals surface area contributed by atoms with Crippen molar-refractivity contribution in [1.82, 2.24) is 9.21 Å². The maximum absolute atomic E-state index is 13.4. The van der Waals surface area contributed by atoms with Crippen molar-refractivity contribution < 1.29 is 36.9 Å². The van der Waals surface area contributed by atoms with Crippen molar-refractivity contribution in [2.45, 2.75) is 23.5 Å². The molecule has 0 saturated carbocycles. The molecule has 2 aromatic rings. The fourth-order valence-corrected chi connectivity index (χ4v) is 5.32. The number of aliphatic hydroxyl groups excluding tert-OH is 1. The summed E-state index contributed by atoms with van der Waals surface area (Å²) in [4.78, 5) is 14.3. The minimum atomic E-state index is -3.89. The molecule has 2 atom stereocenters. The molecule has 0 bridgehead atoms. The number of aliphatic hydroxyl groups is 1. The Hall–Kier alpha value is -2.99. The Labute approximate surface area is 209 Å². The van der Waals surface area contributed by atoms with Gasteiger partial charge in [-0.05, 0) is 48.0 Å². The molecule has 0 unspecified atom stereocenters. The van der Waals surface area contributed by atoms with E-state index in [4.69, 9.17) is 14.2 Å². The molecule has 0 aliphatic carbocycles. The van der Waals surface area contributed by atoms with Gasteiger partial charge in [0.15, 0.2) is 5.76 Å². The molecule has 2 aliphatic rings.